The lowest BCUT2D eigenvalue weighted by Crippen LogP contribution is -2.39. The third kappa shape index (κ3) is 3.23. The Morgan fingerprint density at radius 3 is 2.56 bits per heavy atom. The summed E-state index contributed by atoms with van der Waals surface area (Å²) >= 11 is 0. The number of primary amides is 1. The lowest BCUT2D eigenvalue weighted by atomic mass is 10.1. The van der Waals surface area contributed by atoms with E-state index in [0.29, 0.717) is 19.1 Å². The Morgan fingerprint density at radius 2 is 1.94 bits per heavy atom. The largest absolute Gasteiger partial charge is 0.398 e. The minimum atomic E-state index is -0.267. The summed E-state index contributed by atoms with van der Waals surface area (Å²) in [6.45, 7) is 1.03. The summed E-state index contributed by atoms with van der Waals surface area (Å²) in [5.74, 6) is -0.267. The number of amides is 1. The zero-order chi connectivity index (χ0) is 13.0. The van der Waals surface area contributed by atoms with Crippen LogP contribution in [0.4, 0.5) is 5.69 Å². The molecule has 4 N–H and O–H groups in total. The molecule has 0 heterocycles. The van der Waals surface area contributed by atoms with Gasteiger partial charge in [0.2, 0.25) is 5.91 Å². The van der Waals surface area contributed by atoms with E-state index in [2.05, 4.69) is 4.90 Å². The van der Waals surface area contributed by atoms with Gasteiger partial charge in [-0.2, -0.15) is 0 Å². The molecule has 0 unspecified atom stereocenters. The Morgan fingerprint density at radius 1 is 1.28 bits per heavy atom. The van der Waals surface area contributed by atoms with Crippen molar-refractivity contribution in [2.45, 2.75) is 38.3 Å². The van der Waals surface area contributed by atoms with Crippen LogP contribution in [-0.4, -0.2) is 23.4 Å². The number of carbonyl (C=O) groups is 1. The highest BCUT2D eigenvalue weighted by Crippen LogP contribution is 2.25. The van der Waals surface area contributed by atoms with Gasteiger partial charge < -0.3 is 11.5 Å². The van der Waals surface area contributed by atoms with Gasteiger partial charge in [-0.05, 0) is 24.5 Å². The van der Waals surface area contributed by atoms with Crippen molar-refractivity contribution in [1.29, 1.82) is 0 Å². The standard InChI is InChI=1S/C14H21N3O/c15-13-8-4-1-5-11(13)9-17(10-14(16)18)12-6-2-3-7-12/h1,4-5,8,12H,2-3,6-7,9-10,15H2,(H2,16,18). The SMILES string of the molecule is NC(=O)CN(Cc1ccccc1N)C1CCCC1. The van der Waals surface area contributed by atoms with Crippen LogP contribution in [0, 0.1) is 0 Å². The summed E-state index contributed by atoms with van der Waals surface area (Å²) in [4.78, 5) is 13.4. The second kappa shape index (κ2) is 5.87. The number of nitrogens with two attached hydrogens (primary N) is 2. The number of para-hydroxylation sites is 1. The molecule has 1 aromatic carbocycles. The van der Waals surface area contributed by atoms with E-state index in [1.54, 1.807) is 0 Å². The van der Waals surface area contributed by atoms with Gasteiger partial charge in [0.25, 0.3) is 0 Å². The van der Waals surface area contributed by atoms with Crippen LogP contribution in [0.5, 0.6) is 0 Å². The maximum atomic E-state index is 11.2. The topological polar surface area (TPSA) is 72.4 Å². The van der Waals surface area contributed by atoms with E-state index >= 15 is 0 Å². The highest BCUT2D eigenvalue weighted by molar-refractivity contribution is 5.76. The summed E-state index contributed by atoms with van der Waals surface area (Å²) in [6, 6.07) is 8.28. The Bertz CT molecular complexity index is 413. The number of nitrogen functional groups attached to an aromatic ring is 1. The van der Waals surface area contributed by atoms with Gasteiger partial charge in [0.1, 0.15) is 0 Å². The summed E-state index contributed by atoms with van der Waals surface area (Å²) in [5.41, 5.74) is 13.2. The highest BCUT2D eigenvalue weighted by atomic mass is 16.1. The molecule has 0 spiro atoms. The van der Waals surface area contributed by atoms with E-state index in [1.807, 2.05) is 24.3 Å². The first kappa shape index (κ1) is 12.9. The molecule has 4 heteroatoms. The van der Waals surface area contributed by atoms with Gasteiger partial charge in [-0.3, -0.25) is 9.69 Å². The van der Waals surface area contributed by atoms with E-state index in [-0.39, 0.29) is 5.91 Å². The van der Waals surface area contributed by atoms with E-state index in [9.17, 15) is 4.79 Å². The van der Waals surface area contributed by atoms with Crippen molar-refractivity contribution in [3.05, 3.63) is 29.8 Å². The molecule has 0 aromatic heterocycles. The Kier molecular flexibility index (Phi) is 4.20. The first-order valence-electron chi connectivity index (χ1n) is 6.52. The quantitative estimate of drug-likeness (QED) is 0.774. The van der Waals surface area contributed by atoms with Crippen LogP contribution < -0.4 is 11.5 Å². The second-order valence-corrected chi connectivity index (χ2v) is 5.01. The first-order valence-corrected chi connectivity index (χ1v) is 6.52. The number of hydrogen-bond donors (Lipinski definition) is 2. The molecular formula is C14H21N3O. The maximum absolute atomic E-state index is 11.2. The van der Waals surface area contributed by atoms with Crippen molar-refractivity contribution in [3.63, 3.8) is 0 Å². The van der Waals surface area contributed by atoms with Crippen LogP contribution in [0.2, 0.25) is 0 Å². The van der Waals surface area contributed by atoms with Crippen molar-refractivity contribution >= 4 is 11.6 Å². The molecule has 1 saturated carbocycles. The number of nitrogens with zero attached hydrogens (tertiary/aromatic N) is 1. The van der Waals surface area contributed by atoms with Crippen LogP contribution in [0.1, 0.15) is 31.2 Å². The van der Waals surface area contributed by atoms with E-state index in [0.717, 1.165) is 24.1 Å². The molecule has 1 amide bonds. The fourth-order valence-electron chi connectivity index (χ4n) is 2.68. The summed E-state index contributed by atoms with van der Waals surface area (Å²) in [6.07, 6.45) is 4.79. The van der Waals surface area contributed by atoms with Crippen LogP contribution in [-0.2, 0) is 11.3 Å². The van der Waals surface area contributed by atoms with Crippen molar-refractivity contribution in [3.8, 4) is 0 Å². The number of anilines is 1. The van der Waals surface area contributed by atoms with E-state index < -0.39 is 0 Å². The van der Waals surface area contributed by atoms with Gasteiger partial charge >= 0.3 is 0 Å². The molecule has 1 aliphatic rings. The summed E-state index contributed by atoms with van der Waals surface area (Å²) < 4.78 is 0. The number of hydrogen-bond acceptors (Lipinski definition) is 3. The highest BCUT2D eigenvalue weighted by Gasteiger charge is 2.24. The normalized spacial score (nSPS) is 16.3. The predicted octanol–water partition coefficient (Wildman–Crippen LogP) is 1.50. The second-order valence-electron chi connectivity index (χ2n) is 5.01. The number of rotatable bonds is 5. The lowest BCUT2D eigenvalue weighted by Gasteiger charge is -2.28. The molecule has 0 bridgehead atoms. The molecule has 0 atom stereocenters. The Labute approximate surface area is 108 Å². The molecule has 0 saturated heterocycles. The molecule has 18 heavy (non-hydrogen) atoms. The third-order valence-electron chi connectivity index (χ3n) is 3.63. The summed E-state index contributed by atoms with van der Waals surface area (Å²) in [5, 5.41) is 0. The average Bonchev–Trinajstić information content (AvgIpc) is 2.84. The third-order valence-corrected chi connectivity index (χ3v) is 3.63. The summed E-state index contributed by atoms with van der Waals surface area (Å²) in [7, 11) is 0. The predicted molar refractivity (Wildman–Crippen MR) is 72.7 cm³/mol. The zero-order valence-electron chi connectivity index (χ0n) is 10.6. The monoisotopic (exact) mass is 247 g/mol. The molecule has 0 radical (unpaired) electrons. The fourth-order valence-corrected chi connectivity index (χ4v) is 2.68. The van der Waals surface area contributed by atoms with Crippen molar-refractivity contribution in [2.24, 2.45) is 5.73 Å². The Balaban J connectivity index is 2.09. The van der Waals surface area contributed by atoms with Gasteiger partial charge in [0.15, 0.2) is 0 Å². The van der Waals surface area contributed by atoms with Gasteiger partial charge in [0.05, 0.1) is 6.54 Å². The van der Waals surface area contributed by atoms with Gasteiger partial charge in [-0.1, -0.05) is 31.0 Å². The molecule has 1 aliphatic carbocycles. The molecule has 1 aromatic rings. The molecule has 2 rings (SSSR count). The van der Waals surface area contributed by atoms with Crippen LogP contribution >= 0.6 is 0 Å². The first-order chi connectivity index (χ1) is 8.66. The van der Waals surface area contributed by atoms with Crippen LogP contribution in [0.15, 0.2) is 24.3 Å². The van der Waals surface area contributed by atoms with Crippen LogP contribution in [0.25, 0.3) is 0 Å². The zero-order valence-corrected chi connectivity index (χ0v) is 10.6. The molecule has 1 fully saturated rings. The van der Waals surface area contributed by atoms with E-state index in [4.69, 9.17) is 11.5 Å². The minimum Gasteiger partial charge on any atom is -0.398 e. The smallest absolute Gasteiger partial charge is 0.231 e. The lowest BCUT2D eigenvalue weighted by molar-refractivity contribution is -0.119. The number of benzene rings is 1. The molecule has 0 aliphatic heterocycles. The van der Waals surface area contributed by atoms with Gasteiger partial charge in [-0.15, -0.1) is 0 Å². The van der Waals surface area contributed by atoms with Gasteiger partial charge in [0, 0.05) is 18.3 Å². The van der Waals surface area contributed by atoms with Crippen molar-refractivity contribution in [2.75, 3.05) is 12.3 Å². The molecule has 98 valence electrons. The molecular weight excluding hydrogens is 226 g/mol. The fraction of sp³-hybridized carbons (Fsp3) is 0.500. The van der Waals surface area contributed by atoms with Gasteiger partial charge in [-0.25, -0.2) is 0 Å². The molecule has 4 nitrogen and oxygen atoms in total. The van der Waals surface area contributed by atoms with Crippen molar-refractivity contribution in [1.82, 2.24) is 4.90 Å². The Hall–Kier alpha value is -1.55. The van der Waals surface area contributed by atoms with E-state index in [1.165, 1.54) is 12.8 Å². The van der Waals surface area contributed by atoms with Crippen molar-refractivity contribution < 1.29 is 4.79 Å². The maximum Gasteiger partial charge on any atom is 0.231 e. The average molecular weight is 247 g/mol. The minimum absolute atomic E-state index is 0.267. The number of carbonyl (C=O) groups excluding carboxylic acids is 1. The van der Waals surface area contributed by atoms with Crippen LogP contribution in [0.3, 0.4) is 0 Å².